The number of esters is 1. The Bertz CT molecular complexity index is 776. The molecule has 0 saturated carbocycles. The second kappa shape index (κ2) is 7.70. The van der Waals surface area contributed by atoms with Crippen LogP contribution in [0, 0.1) is 0 Å². The molecule has 6 nitrogen and oxygen atoms in total. The summed E-state index contributed by atoms with van der Waals surface area (Å²) in [4.78, 5) is 26.5. The minimum Gasteiger partial charge on any atom is -0.493 e. The molecule has 1 aliphatic rings. The molecule has 0 radical (unpaired) electrons. The number of ether oxygens (including phenoxy) is 3. The molecule has 0 unspecified atom stereocenters. The van der Waals surface area contributed by atoms with Gasteiger partial charge in [0.2, 0.25) is 0 Å². The van der Waals surface area contributed by atoms with Crippen LogP contribution in [0.4, 0.5) is 0 Å². The molecule has 132 valence electrons. The van der Waals surface area contributed by atoms with Gasteiger partial charge in [-0.2, -0.15) is 0 Å². The van der Waals surface area contributed by atoms with E-state index in [1.54, 1.807) is 37.3 Å². The van der Waals surface area contributed by atoms with Gasteiger partial charge in [0.15, 0.2) is 11.5 Å². The Balaban J connectivity index is 2.63. The third-order valence-electron chi connectivity index (χ3n) is 3.95. The first-order valence-corrected chi connectivity index (χ1v) is 7.65. The fraction of sp³-hybridized carbons (Fsp3) is 0.263. The van der Waals surface area contributed by atoms with E-state index in [1.807, 2.05) is 0 Å². The number of para-hydroxylation sites is 1. The van der Waals surface area contributed by atoms with Crippen molar-refractivity contribution in [2.45, 2.75) is 6.92 Å². The van der Waals surface area contributed by atoms with Crippen LogP contribution >= 0.6 is 0 Å². The molecule has 0 aromatic heterocycles. The number of benzene rings is 1. The highest BCUT2D eigenvalue weighted by Crippen LogP contribution is 2.36. The van der Waals surface area contributed by atoms with Gasteiger partial charge in [-0.25, -0.2) is 4.79 Å². The number of carbonyl (C=O) groups excluding carboxylic acids is 2. The van der Waals surface area contributed by atoms with Crippen molar-refractivity contribution < 1.29 is 23.8 Å². The molecule has 1 aliphatic heterocycles. The average Bonchev–Trinajstić information content (AvgIpc) is 2.85. The van der Waals surface area contributed by atoms with Gasteiger partial charge in [-0.05, 0) is 19.1 Å². The van der Waals surface area contributed by atoms with Crippen molar-refractivity contribution >= 4 is 18.0 Å². The molecule has 1 aromatic carbocycles. The van der Waals surface area contributed by atoms with Crippen LogP contribution in [0.2, 0.25) is 0 Å². The minimum atomic E-state index is -0.564. The van der Waals surface area contributed by atoms with Crippen molar-refractivity contribution in [2.24, 2.45) is 0 Å². The summed E-state index contributed by atoms with van der Waals surface area (Å²) in [5.41, 5.74) is 1.64. The van der Waals surface area contributed by atoms with Crippen LogP contribution in [-0.2, 0) is 14.3 Å². The van der Waals surface area contributed by atoms with Crippen molar-refractivity contribution in [3.05, 3.63) is 53.3 Å². The van der Waals surface area contributed by atoms with Gasteiger partial charge in [0, 0.05) is 17.8 Å². The summed E-state index contributed by atoms with van der Waals surface area (Å²) in [6.07, 6.45) is 3.22. The summed E-state index contributed by atoms with van der Waals surface area (Å²) in [6, 6.07) is 5.31. The number of rotatable bonds is 6. The molecule has 0 bridgehead atoms. The molecular formula is C19H21NO5. The summed E-state index contributed by atoms with van der Waals surface area (Å²) in [5.74, 6) is 0.160. The fourth-order valence-corrected chi connectivity index (χ4v) is 2.76. The van der Waals surface area contributed by atoms with Gasteiger partial charge in [0.1, 0.15) is 0 Å². The molecule has 0 spiro atoms. The van der Waals surface area contributed by atoms with Crippen molar-refractivity contribution in [1.29, 1.82) is 0 Å². The second-order valence-electron chi connectivity index (χ2n) is 5.30. The first-order chi connectivity index (χ1) is 12.0. The van der Waals surface area contributed by atoms with E-state index in [1.165, 1.54) is 26.2 Å². The van der Waals surface area contributed by atoms with E-state index in [-0.39, 0.29) is 17.1 Å². The van der Waals surface area contributed by atoms with E-state index in [9.17, 15) is 9.59 Å². The van der Waals surface area contributed by atoms with Gasteiger partial charge >= 0.3 is 5.97 Å². The summed E-state index contributed by atoms with van der Waals surface area (Å²) in [5, 5.41) is 0. The van der Waals surface area contributed by atoms with E-state index in [4.69, 9.17) is 14.2 Å². The SMILES string of the molecule is C=CCN1C(=O)/C(=C\c2cccc(OC)c2OC)C(C(=O)OC)=C1C. The third kappa shape index (κ3) is 3.28. The Morgan fingerprint density at radius 3 is 2.52 bits per heavy atom. The number of hydrogen-bond donors (Lipinski definition) is 0. The Kier molecular flexibility index (Phi) is 5.64. The van der Waals surface area contributed by atoms with E-state index in [0.717, 1.165) is 0 Å². The molecule has 0 N–H and O–H groups in total. The highest BCUT2D eigenvalue weighted by atomic mass is 16.5. The van der Waals surface area contributed by atoms with Crippen molar-refractivity contribution in [3.8, 4) is 11.5 Å². The maximum Gasteiger partial charge on any atom is 0.340 e. The van der Waals surface area contributed by atoms with Crippen LogP contribution < -0.4 is 9.47 Å². The van der Waals surface area contributed by atoms with Gasteiger partial charge in [-0.15, -0.1) is 6.58 Å². The lowest BCUT2D eigenvalue weighted by atomic mass is 10.0. The Morgan fingerprint density at radius 1 is 1.24 bits per heavy atom. The molecule has 2 rings (SSSR count). The van der Waals surface area contributed by atoms with E-state index < -0.39 is 5.97 Å². The molecule has 1 aromatic rings. The van der Waals surface area contributed by atoms with E-state index in [0.29, 0.717) is 29.3 Å². The zero-order valence-electron chi connectivity index (χ0n) is 14.8. The molecule has 1 heterocycles. The number of hydrogen-bond acceptors (Lipinski definition) is 5. The topological polar surface area (TPSA) is 65.1 Å². The van der Waals surface area contributed by atoms with Crippen molar-refractivity contribution in [1.82, 2.24) is 4.90 Å². The Labute approximate surface area is 147 Å². The molecule has 0 saturated heterocycles. The number of nitrogens with zero attached hydrogens (tertiary/aromatic N) is 1. The zero-order chi connectivity index (χ0) is 18.6. The molecule has 0 atom stereocenters. The first-order valence-electron chi connectivity index (χ1n) is 7.65. The van der Waals surface area contributed by atoms with E-state index in [2.05, 4.69) is 6.58 Å². The molecular weight excluding hydrogens is 322 g/mol. The molecule has 0 fully saturated rings. The lowest BCUT2D eigenvalue weighted by Gasteiger charge is -2.15. The Hall–Kier alpha value is -3.02. The molecule has 0 aliphatic carbocycles. The standard InChI is InChI=1S/C19H21NO5/c1-6-10-20-12(2)16(19(22)25-5)14(18(20)21)11-13-8-7-9-15(23-3)17(13)24-4/h6-9,11H,1,10H2,2-5H3/b14-11-. The van der Waals surface area contributed by atoms with Crippen LogP contribution in [0.5, 0.6) is 11.5 Å². The summed E-state index contributed by atoms with van der Waals surface area (Å²) >= 11 is 0. The maximum atomic E-state index is 12.8. The average molecular weight is 343 g/mol. The van der Waals surface area contributed by atoms with Crippen molar-refractivity contribution in [2.75, 3.05) is 27.9 Å². The monoisotopic (exact) mass is 343 g/mol. The largest absolute Gasteiger partial charge is 0.493 e. The van der Waals surface area contributed by atoms with Crippen LogP contribution in [0.3, 0.4) is 0 Å². The van der Waals surface area contributed by atoms with Crippen molar-refractivity contribution in [3.63, 3.8) is 0 Å². The number of carbonyl (C=O) groups is 2. The quantitative estimate of drug-likeness (QED) is 0.451. The normalized spacial score (nSPS) is 15.6. The second-order valence-corrected chi connectivity index (χ2v) is 5.30. The highest BCUT2D eigenvalue weighted by Gasteiger charge is 2.36. The summed E-state index contributed by atoms with van der Waals surface area (Å²) in [7, 11) is 4.33. The number of amides is 1. The van der Waals surface area contributed by atoms with Crippen LogP contribution in [0.15, 0.2) is 47.7 Å². The predicted octanol–water partition coefficient (Wildman–Crippen LogP) is 2.56. The molecule has 1 amide bonds. The fourth-order valence-electron chi connectivity index (χ4n) is 2.76. The molecule has 6 heteroatoms. The van der Waals surface area contributed by atoms with Gasteiger partial charge in [0.05, 0.1) is 32.5 Å². The summed E-state index contributed by atoms with van der Waals surface area (Å²) < 4.78 is 15.5. The van der Waals surface area contributed by atoms with E-state index >= 15 is 0 Å². The smallest absolute Gasteiger partial charge is 0.340 e. The summed E-state index contributed by atoms with van der Waals surface area (Å²) in [6.45, 7) is 5.66. The predicted molar refractivity (Wildman–Crippen MR) is 94.1 cm³/mol. The van der Waals surface area contributed by atoms with Gasteiger partial charge in [-0.1, -0.05) is 18.2 Å². The highest BCUT2D eigenvalue weighted by molar-refractivity contribution is 6.16. The number of allylic oxidation sites excluding steroid dienone is 1. The lowest BCUT2D eigenvalue weighted by Crippen LogP contribution is -2.25. The number of methoxy groups -OCH3 is 3. The Morgan fingerprint density at radius 2 is 1.96 bits per heavy atom. The van der Waals surface area contributed by atoms with Gasteiger partial charge in [-0.3, -0.25) is 4.79 Å². The van der Waals surface area contributed by atoms with Crippen LogP contribution in [0.1, 0.15) is 12.5 Å². The molecule has 25 heavy (non-hydrogen) atoms. The van der Waals surface area contributed by atoms with Crippen LogP contribution in [-0.4, -0.2) is 44.7 Å². The third-order valence-corrected chi connectivity index (χ3v) is 3.95. The van der Waals surface area contributed by atoms with Crippen LogP contribution in [0.25, 0.3) is 6.08 Å². The first kappa shape index (κ1) is 18.3. The van der Waals surface area contributed by atoms with Gasteiger partial charge < -0.3 is 19.1 Å². The zero-order valence-corrected chi connectivity index (χ0v) is 14.8. The minimum absolute atomic E-state index is 0.235. The van der Waals surface area contributed by atoms with Gasteiger partial charge in [0.25, 0.3) is 5.91 Å². The maximum absolute atomic E-state index is 12.8. The lowest BCUT2D eigenvalue weighted by molar-refractivity contribution is -0.136.